The standard InChI is InChI=1S/C10H17NS2/c1-8(9-5-6-12-7-9)11-13-10(2,3)4/h5-8,11H,1-4H3/t8-/m1/s1. The molecule has 0 saturated heterocycles. The van der Waals surface area contributed by atoms with E-state index in [4.69, 9.17) is 0 Å². The average Bonchev–Trinajstić information content (AvgIpc) is 2.50. The molecule has 1 rings (SSSR count). The van der Waals surface area contributed by atoms with Crippen LogP contribution in [0.3, 0.4) is 0 Å². The first-order valence-corrected chi connectivity index (χ1v) is 6.20. The van der Waals surface area contributed by atoms with Crippen LogP contribution in [0.15, 0.2) is 16.8 Å². The van der Waals surface area contributed by atoms with Gasteiger partial charge >= 0.3 is 0 Å². The zero-order chi connectivity index (χ0) is 9.90. The third-order valence-corrected chi connectivity index (χ3v) is 3.37. The third kappa shape index (κ3) is 4.16. The highest BCUT2D eigenvalue weighted by atomic mass is 32.2. The summed E-state index contributed by atoms with van der Waals surface area (Å²) in [5.41, 5.74) is 1.38. The fourth-order valence-electron chi connectivity index (χ4n) is 0.855. The summed E-state index contributed by atoms with van der Waals surface area (Å²) in [6.07, 6.45) is 0. The molecule has 0 radical (unpaired) electrons. The molecule has 0 spiro atoms. The van der Waals surface area contributed by atoms with Gasteiger partial charge in [0.15, 0.2) is 0 Å². The summed E-state index contributed by atoms with van der Waals surface area (Å²) in [6.45, 7) is 8.84. The van der Waals surface area contributed by atoms with Crippen LogP contribution in [-0.2, 0) is 0 Å². The molecule has 0 bridgehead atoms. The highest BCUT2D eigenvalue weighted by molar-refractivity contribution is 7.98. The maximum Gasteiger partial charge on any atom is 0.0401 e. The lowest BCUT2D eigenvalue weighted by Crippen LogP contribution is -2.19. The van der Waals surface area contributed by atoms with Crippen LogP contribution >= 0.6 is 23.3 Å². The number of hydrogen-bond acceptors (Lipinski definition) is 3. The molecule has 0 aliphatic carbocycles. The van der Waals surface area contributed by atoms with E-state index in [0.717, 1.165) is 0 Å². The lowest BCUT2D eigenvalue weighted by molar-refractivity contribution is 0.726. The molecule has 74 valence electrons. The second kappa shape index (κ2) is 4.49. The first-order chi connectivity index (χ1) is 5.99. The molecule has 0 saturated carbocycles. The third-order valence-electron chi connectivity index (χ3n) is 1.59. The summed E-state index contributed by atoms with van der Waals surface area (Å²) >= 11 is 3.55. The molecule has 0 amide bonds. The smallest absolute Gasteiger partial charge is 0.0401 e. The predicted molar refractivity (Wildman–Crippen MR) is 63.2 cm³/mol. The van der Waals surface area contributed by atoms with Crippen LogP contribution < -0.4 is 4.72 Å². The van der Waals surface area contributed by atoms with Gasteiger partial charge in [0.05, 0.1) is 0 Å². The van der Waals surface area contributed by atoms with Crippen molar-refractivity contribution in [1.29, 1.82) is 0 Å². The Labute approximate surface area is 89.1 Å². The van der Waals surface area contributed by atoms with E-state index in [9.17, 15) is 0 Å². The van der Waals surface area contributed by atoms with Crippen LogP contribution in [0.4, 0.5) is 0 Å². The van der Waals surface area contributed by atoms with Crippen LogP contribution in [0.25, 0.3) is 0 Å². The number of rotatable bonds is 3. The van der Waals surface area contributed by atoms with Gasteiger partial charge in [0.2, 0.25) is 0 Å². The minimum atomic E-state index is 0.282. The maximum atomic E-state index is 3.45. The number of nitrogens with one attached hydrogen (secondary N) is 1. The van der Waals surface area contributed by atoms with E-state index < -0.39 is 0 Å². The van der Waals surface area contributed by atoms with Crippen molar-refractivity contribution in [3.05, 3.63) is 22.4 Å². The van der Waals surface area contributed by atoms with Gasteiger partial charge in [-0.25, -0.2) is 0 Å². The molecule has 0 aliphatic rings. The monoisotopic (exact) mass is 215 g/mol. The summed E-state index contributed by atoms with van der Waals surface area (Å²) in [5.74, 6) is 0. The lowest BCUT2D eigenvalue weighted by atomic mass is 10.2. The van der Waals surface area contributed by atoms with E-state index in [1.54, 1.807) is 23.3 Å². The first-order valence-electron chi connectivity index (χ1n) is 4.45. The Hall–Kier alpha value is 0.01000. The Morgan fingerprint density at radius 2 is 2.15 bits per heavy atom. The Kier molecular flexibility index (Phi) is 3.83. The zero-order valence-electron chi connectivity index (χ0n) is 8.63. The highest BCUT2D eigenvalue weighted by Crippen LogP contribution is 2.25. The molecule has 1 N–H and O–H groups in total. The molecule has 1 heterocycles. The van der Waals surface area contributed by atoms with Gasteiger partial charge in [0.25, 0.3) is 0 Å². The average molecular weight is 215 g/mol. The van der Waals surface area contributed by atoms with Crippen molar-refractivity contribution in [2.24, 2.45) is 0 Å². The maximum absolute atomic E-state index is 3.45. The molecule has 1 aromatic heterocycles. The highest BCUT2D eigenvalue weighted by Gasteiger charge is 2.13. The quantitative estimate of drug-likeness (QED) is 0.769. The van der Waals surface area contributed by atoms with Gasteiger partial charge in [-0.15, -0.1) is 0 Å². The second-order valence-electron chi connectivity index (χ2n) is 4.11. The molecule has 1 aromatic rings. The van der Waals surface area contributed by atoms with Crippen molar-refractivity contribution >= 4 is 23.3 Å². The van der Waals surface area contributed by atoms with Gasteiger partial charge in [0.1, 0.15) is 0 Å². The normalized spacial score (nSPS) is 14.5. The van der Waals surface area contributed by atoms with Crippen molar-refractivity contribution in [2.45, 2.75) is 38.5 Å². The minimum Gasteiger partial charge on any atom is -0.256 e. The van der Waals surface area contributed by atoms with Gasteiger partial charge in [-0.2, -0.15) is 11.3 Å². The van der Waals surface area contributed by atoms with Crippen LogP contribution in [0.2, 0.25) is 0 Å². The molecule has 1 nitrogen and oxygen atoms in total. The molecule has 0 fully saturated rings. The summed E-state index contributed by atoms with van der Waals surface area (Å²) in [6, 6.07) is 2.61. The van der Waals surface area contributed by atoms with Crippen molar-refractivity contribution in [3.8, 4) is 0 Å². The van der Waals surface area contributed by atoms with Crippen LogP contribution in [-0.4, -0.2) is 4.75 Å². The minimum absolute atomic E-state index is 0.282. The molecule has 1 atom stereocenters. The Balaban J connectivity index is 2.39. The van der Waals surface area contributed by atoms with Crippen molar-refractivity contribution < 1.29 is 0 Å². The predicted octanol–water partition coefficient (Wildman–Crippen LogP) is 3.85. The molecule has 0 aromatic carbocycles. The zero-order valence-corrected chi connectivity index (χ0v) is 10.3. The molecule has 0 aliphatic heterocycles. The fraction of sp³-hybridized carbons (Fsp3) is 0.600. The van der Waals surface area contributed by atoms with E-state index in [2.05, 4.69) is 49.2 Å². The van der Waals surface area contributed by atoms with E-state index in [-0.39, 0.29) is 4.75 Å². The fourth-order valence-corrected chi connectivity index (χ4v) is 2.28. The van der Waals surface area contributed by atoms with Gasteiger partial charge in [-0.1, -0.05) is 11.9 Å². The van der Waals surface area contributed by atoms with E-state index in [0.29, 0.717) is 6.04 Å². The van der Waals surface area contributed by atoms with Crippen LogP contribution in [0, 0.1) is 0 Å². The largest absolute Gasteiger partial charge is 0.256 e. The van der Waals surface area contributed by atoms with E-state index in [1.807, 2.05) is 0 Å². The van der Waals surface area contributed by atoms with Crippen molar-refractivity contribution in [3.63, 3.8) is 0 Å². The van der Waals surface area contributed by atoms with Gasteiger partial charge in [0, 0.05) is 10.8 Å². The Morgan fingerprint density at radius 1 is 1.46 bits per heavy atom. The molecule has 3 heteroatoms. The first kappa shape index (κ1) is 11.1. The summed E-state index contributed by atoms with van der Waals surface area (Å²) in [4.78, 5) is 0. The van der Waals surface area contributed by atoms with Gasteiger partial charge in [-0.05, 0) is 50.1 Å². The summed E-state index contributed by atoms with van der Waals surface area (Å²) in [7, 11) is 0. The van der Waals surface area contributed by atoms with E-state index in [1.165, 1.54) is 5.56 Å². The topological polar surface area (TPSA) is 12.0 Å². The SMILES string of the molecule is C[C@@H](NSC(C)(C)C)c1ccsc1. The van der Waals surface area contributed by atoms with Crippen molar-refractivity contribution in [1.82, 2.24) is 4.72 Å². The van der Waals surface area contributed by atoms with Gasteiger partial charge < -0.3 is 0 Å². The molecular weight excluding hydrogens is 198 g/mol. The summed E-state index contributed by atoms with van der Waals surface area (Å²) in [5, 5.41) is 4.32. The number of hydrogen-bond donors (Lipinski definition) is 1. The van der Waals surface area contributed by atoms with Crippen LogP contribution in [0.5, 0.6) is 0 Å². The second-order valence-corrected chi connectivity index (χ2v) is 6.56. The lowest BCUT2D eigenvalue weighted by Gasteiger charge is -2.21. The van der Waals surface area contributed by atoms with Crippen LogP contribution in [0.1, 0.15) is 39.3 Å². The molecule has 13 heavy (non-hydrogen) atoms. The Bertz CT molecular complexity index is 236. The molecule has 0 unspecified atom stereocenters. The Morgan fingerprint density at radius 3 is 2.62 bits per heavy atom. The van der Waals surface area contributed by atoms with Gasteiger partial charge in [-0.3, -0.25) is 4.72 Å². The van der Waals surface area contributed by atoms with Crippen molar-refractivity contribution in [2.75, 3.05) is 0 Å². The van der Waals surface area contributed by atoms with E-state index >= 15 is 0 Å². The number of thiophene rings is 1. The summed E-state index contributed by atoms with van der Waals surface area (Å²) < 4.78 is 3.73. The molecular formula is C10H17NS2.